The van der Waals surface area contributed by atoms with E-state index in [1.54, 1.807) is 0 Å². The zero-order valence-corrected chi connectivity index (χ0v) is 17.4. The van der Waals surface area contributed by atoms with E-state index in [4.69, 9.17) is 4.74 Å². The van der Waals surface area contributed by atoms with Gasteiger partial charge in [-0.2, -0.15) is 0 Å². The zero-order valence-electron chi connectivity index (χ0n) is 17.4. The summed E-state index contributed by atoms with van der Waals surface area (Å²) < 4.78 is 7.65. The van der Waals surface area contributed by atoms with Crippen LogP contribution in [0.15, 0.2) is 29.1 Å². The van der Waals surface area contributed by atoms with Gasteiger partial charge in [0.2, 0.25) is 0 Å². The first-order chi connectivity index (χ1) is 14.7. The molecule has 8 heteroatoms. The van der Waals surface area contributed by atoms with E-state index in [-0.39, 0.29) is 17.7 Å². The third-order valence-electron chi connectivity index (χ3n) is 6.29. The predicted molar refractivity (Wildman–Crippen MR) is 113 cm³/mol. The number of likely N-dealkylation sites (tertiary alicyclic amines) is 1. The number of nitrogens with zero attached hydrogens (tertiary/aromatic N) is 5. The van der Waals surface area contributed by atoms with E-state index in [0.717, 1.165) is 67.7 Å². The minimum Gasteiger partial charge on any atom is -0.376 e. The van der Waals surface area contributed by atoms with Crippen molar-refractivity contribution in [2.75, 3.05) is 19.7 Å². The Morgan fingerprint density at radius 2 is 2.07 bits per heavy atom. The standard InChI is InChI=1S/C22H28N6O2/c1-15-7-8-16-13-18(22(29)23-19(16)12-15)20(27-9-3-2-4-10-27)21-24-25-26-28(21)14-17-6-5-11-30-17/h7-8,12-13,17,20H,2-6,9-11,14H2,1H3,(H,23,29)/t17-,20-/m0/s1. The Labute approximate surface area is 175 Å². The smallest absolute Gasteiger partial charge is 0.253 e. The average molecular weight is 409 g/mol. The molecule has 0 saturated carbocycles. The Bertz CT molecular complexity index is 1080. The minimum absolute atomic E-state index is 0.0738. The summed E-state index contributed by atoms with van der Waals surface area (Å²) >= 11 is 0. The Balaban J connectivity index is 1.59. The van der Waals surface area contributed by atoms with E-state index >= 15 is 0 Å². The van der Waals surface area contributed by atoms with Crippen LogP contribution in [0.1, 0.15) is 55.1 Å². The molecule has 0 unspecified atom stereocenters. The molecule has 3 aromatic rings. The van der Waals surface area contributed by atoms with Crippen LogP contribution in [0.5, 0.6) is 0 Å². The van der Waals surface area contributed by atoms with Crippen LogP contribution in [-0.2, 0) is 11.3 Å². The minimum atomic E-state index is -0.267. The number of piperidine rings is 1. The van der Waals surface area contributed by atoms with E-state index in [1.165, 1.54) is 6.42 Å². The second kappa shape index (κ2) is 8.28. The number of ether oxygens (including phenoxy) is 1. The van der Waals surface area contributed by atoms with Crippen molar-refractivity contribution in [2.45, 2.75) is 57.7 Å². The summed E-state index contributed by atoms with van der Waals surface area (Å²) in [4.78, 5) is 18.6. The number of nitrogens with one attached hydrogen (secondary N) is 1. The predicted octanol–water partition coefficient (Wildman–Crippen LogP) is 2.58. The van der Waals surface area contributed by atoms with E-state index in [0.29, 0.717) is 12.1 Å². The van der Waals surface area contributed by atoms with Gasteiger partial charge in [-0.1, -0.05) is 18.6 Å². The fraction of sp³-hybridized carbons (Fsp3) is 0.545. The number of rotatable bonds is 5. The summed E-state index contributed by atoms with van der Waals surface area (Å²) in [6.07, 6.45) is 5.68. The summed E-state index contributed by atoms with van der Waals surface area (Å²) in [6.45, 7) is 5.31. The molecule has 2 fully saturated rings. The van der Waals surface area contributed by atoms with Crippen LogP contribution in [0, 0.1) is 6.92 Å². The topological polar surface area (TPSA) is 88.9 Å². The van der Waals surface area contributed by atoms with E-state index in [2.05, 4.69) is 37.5 Å². The van der Waals surface area contributed by atoms with Crippen LogP contribution in [0.3, 0.4) is 0 Å². The molecular weight excluding hydrogens is 380 g/mol. The molecule has 30 heavy (non-hydrogen) atoms. The lowest BCUT2D eigenvalue weighted by Gasteiger charge is -2.33. The van der Waals surface area contributed by atoms with Crippen LogP contribution in [0.4, 0.5) is 0 Å². The molecule has 5 rings (SSSR count). The van der Waals surface area contributed by atoms with Crippen molar-refractivity contribution in [1.29, 1.82) is 0 Å². The van der Waals surface area contributed by atoms with Gasteiger partial charge in [0.05, 0.1) is 12.6 Å². The van der Waals surface area contributed by atoms with Crippen molar-refractivity contribution < 1.29 is 4.74 Å². The van der Waals surface area contributed by atoms with Gasteiger partial charge >= 0.3 is 0 Å². The van der Waals surface area contributed by atoms with Crippen LogP contribution in [0.25, 0.3) is 10.9 Å². The highest BCUT2D eigenvalue weighted by Crippen LogP contribution is 2.30. The number of fused-ring (bicyclic) bond motifs is 1. The number of pyridine rings is 1. The van der Waals surface area contributed by atoms with Crippen LogP contribution < -0.4 is 5.56 Å². The Morgan fingerprint density at radius 3 is 2.87 bits per heavy atom. The molecule has 2 aliphatic rings. The molecule has 1 aromatic carbocycles. The second-order valence-electron chi connectivity index (χ2n) is 8.50. The summed E-state index contributed by atoms with van der Waals surface area (Å²) in [5.41, 5.74) is 2.62. The number of tetrazole rings is 1. The second-order valence-corrected chi connectivity index (χ2v) is 8.50. The highest BCUT2D eigenvalue weighted by atomic mass is 16.5. The quantitative estimate of drug-likeness (QED) is 0.698. The third kappa shape index (κ3) is 3.77. The van der Waals surface area contributed by atoms with Gasteiger partial charge in [-0.05, 0) is 79.2 Å². The molecule has 2 saturated heterocycles. The van der Waals surface area contributed by atoms with Crippen molar-refractivity contribution in [3.05, 3.63) is 51.6 Å². The number of aromatic nitrogens is 5. The van der Waals surface area contributed by atoms with Crippen molar-refractivity contribution in [2.24, 2.45) is 0 Å². The van der Waals surface area contributed by atoms with Gasteiger partial charge < -0.3 is 9.72 Å². The lowest BCUT2D eigenvalue weighted by molar-refractivity contribution is 0.0902. The average Bonchev–Trinajstić information content (AvgIpc) is 3.42. The number of H-pyrrole nitrogens is 1. The Hall–Kier alpha value is -2.58. The fourth-order valence-electron chi connectivity index (χ4n) is 4.73. The van der Waals surface area contributed by atoms with E-state index in [1.807, 2.05) is 23.7 Å². The van der Waals surface area contributed by atoms with Gasteiger partial charge in [0.1, 0.15) is 6.04 Å². The highest BCUT2D eigenvalue weighted by molar-refractivity contribution is 5.79. The van der Waals surface area contributed by atoms with Gasteiger partial charge in [-0.3, -0.25) is 9.69 Å². The summed E-state index contributed by atoms with van der Waals surface area (Å²) in [5, 5.41) is 13.7. The highest BCUT2D eigenvalue weighted by Gasteiger charge is 2.32. The molecule has 0 radical (unpaired) electrons. The van der Waals surface area contributed by atoms with Crippen molar-refractivity contribution in [1.82, 2.24) is 30.1 Å². The Morgan fingerprint density at radius 1 is 1.20 bits per heavy atom. The summed E-state index contributed by atoms with van der Waals surface area (Å²) in [7, 11) is 0. The SMILES string of the molecule is Cc1ccc2cc([C@@H](c3nnnn3C[C@@H]3CCCO3)N3CCCCC3)c(=O)[nH]c2c1. The molecular formula is C22H28N6O2. The van der Waals surface area contributed by atoms with Crippen molar-refractivity contribution >= 4 is 10.9 Å². The van der Waals surface area contributed by atoms with Crippen molar-refractivity contribution in [3.63, 3.8) is 0 Å². The zero-order chi connectivity index (χ0) is 20.5. The number of aryl methyl sites for hydroxylation is 1. The number of benzene rings is 1. The number of hydrogen-bond acceptors (Lipinski definition) is 6. The molecule has 0 amide bonds. The first-order valence-electron chi connectivity index (χ1n) is 10.9. The third-order valence-corrected chi connectivity index (χ3v) is 6.29. The lowest BCUT2D eigenvalue weighted by atomic mass is 10.00. The fourth-order valence-corrected chi connectivity index (χ4v) is 4.73. The molecule has 158 valence electrons. The van der Waals surface area contributed by atoms with Crippen molar-refractivity contribution in [3.8, 4) is 0 Å². The number of aromatic amines is 1. The van der Waals surface area contributed by atoms with Gasteiger partial charge in [0.25, 0.3) is 5.56 Å². The monoisotopic (exact) mass is 408 g/mol. The molecule has 0 spiro atoms. The maximum Gasteiger partial charge on any atom is 0.253 e. The van der Waals surface area contributed by atoms with Gasteiger partial charge in [-0.25, -0.2) is 4.68 Å². The normalized spacial score (nSPS) is 21.3. The molecule has 2 aliphatic heterocycles. The van der Waals surface area contributed by atoms with E-state index in [9.17, 15) is 4.79 Å². The maximum atomic E-state index is 13.2. The first-order valence-corrected chi connectivity index (χ1v) is 10.9. The maximum absolute atomic E-state index is 13.2. The van der Waals surface area contributed by atoms with Gasteiger partial charge in [0, 0.05) is 17.7 Å². The molecule has 4 heterocycles. The first kappa shape index (κ1) is 19.4. The molecule has 0 bridgehead atoms. The summed E-state index contributed by atoms with van der Waals surface area (Å²) in [5.74, 6) is 0.726. The number of hydrogen-bond donors (Lipinski definition) is 1. The molecule has 0 aliphatic carbocycles. The van der Waals surface area contributed by atoms with Crippen LogP contribution >= 0.6 is 0 Å². The summed E-state index contributed by atoms with van der Waals surface area (Å²) in [6, 6.07) is 7.89. The molecule has 8 nitrogen and oxygen atoms in total. The van der Waals surface area contributed by atoms with Crippen LogP contribution in [-0.4, -0.2) is 55.9 Å². The lowest BCUT2D eigenvalue weighted by Crippen LogP contribution is -2.39. The van der Waals surface area contributed by atoms with Crippen LogP contribution in [0.2, 0.25) is 0 Å². The largest absolute Gasteiger partial charge is 0.376 e. The van der Waals surface area contributed by atoms with Gasteiger partial charge in [-0.15, -0.1) is 5.10 Å². The molecule has 2 atom stereocenters. The Kier molecular flexibility index (Phi) is 5.35. The van der Waals surface area contributed by atoms with E-state index < -0.39 is 0 Å². The molecule has 1 N–H and O–H groups in total. The molecule has 2 aromatic heterocycles. The van der Waals surface area contributed by atoms with Gasteiger partial charge in [0.15, 0.2) is 5.82 Å².